The molecule has 0 fully saturated rings. The standard InChI is InChI=1S/C12H12N2O2S/c1-7-3-2-4-8(5-7)6-9-10(11(15)16)14-12(17)13-9/h2-5H,6H2,1H3,(H,15,16)(H2,13,14,17). The highest BCUT2D eigenvalue weighted by molar-refractivity contribution is 7.71. The molecule has 0 unspecified atom stereocenters. The van der Waals surface area contributed by atoms with Crippen molar-refractivity contribution in [1.82, 2.24) is 9.97 Å². The number of aromatic nitrogens is 2. The number of hydrogen-bond acceptors (Lipinski definition) is 2. The molecular weight excluding hydrogens is 236 g/mol. The van der Waals surface area contributed by atoms with E-state index in [1.807, 2.05) is 31.2 Å². The predicted octanol–water partition coefficient (Wildman–Crippen LogP) is 2.67. The maximum atomic E-state index is 11.0. The third kappa shape index (κ3) is 2.62. The summed E-state index contributed by atoms with van der Waals surface area (Å²) >= 11 is 4.91. The Labute approximate surface area is 103 Å². The lowest BCUT2D eigenvalue weighted by atomic mass is 10.1. The highest BCUT2D eigenvalue weighted by Gasteiger charge is 2.13. The van der Waals surface area contributed by atoms with Crippen LogP contribution in [0.15, 0.2) is 24.3 Å². The summed E-state index contributed by atoms with van der Waals surface area (Å²) in [5.41, 5.74) is 2.94. The molecule has 0 saturated carbocycles. The lowest BCUT2D eigenvalue weighted by Gasteiger charge is -2.01. The molecule has 2 aromatic rings. The van der Waals surface area contributed by atoms with Crippen molar-refractivity contribution < 1.29 is 9.90 Å². The molecule has 0 radical (unpaired) electrons. The van der Waals surface area contributed by atoms with Crippen LogP contribution in [-0.4, -0.2) is 21.0 Å². The summed E-state index contributed by atoms with van der Waals surface area (Å²) in [7, 11) is 0. The third-order valence-corrected chi connectivity index (χ3v) is 2.69. The van der Waals surface area contributed by atoms with Crippen LogP contribution < -0.4 is 0 Å². The van der Waals surface area contributed by atoms with Crippen LogP contribution in [-0.2, 0) is 6.42 Å². The first-order valence-electron chi connectivity index (χ1n) is 5.16. The summed E-state index contributed by atoms with van der Waals surface area (Å²) in [6.45, 7) is 2.00. The van der Waals surface area contributed by atoms with Crippen molar-refractivity contribution in [2.75, 3.05) is 0 Å². The number of aryl methyl sites for hydroxylation is 1. The average Bonchev–Trinajstić information content (AvgIpc) is 2.59. The maximum absolute atomic E-state index is 11.0. The van der Waals surface area contributed by atoms with Gasteiger partial charge in [-0.25, -0.2) is 4.79 Å². The normalized spacial score (nSPS) is 10.4. The van der Waals surface area contributed by atoms with E-state index in [4.69, 9.17) is 17.3 Å². The largest absolute Gasteiger partial charge is 0.477 e. The molecule has 0 amide bonds. The summed E-state index contributed by atoms with van der Waals surface area (Å²) in [4.78, 5) is 16.5. The van der Waals surface area contributed by atoms with E-state index < -0.39 is 5.97 Å². The fraction of sp³-hybridized carbons (Fsp3) is 0.167. The van der Waals surface area contributed by atoms with Crippen molar-refractivity contribution in [3.8, 4) is 0 Å². The van der Waals surface area contributed by atoms with Crippen LogP contribution in [0.5, 0.6) is 0 Å². The summed E-state index contributed by atoms with van der Waals surface area (Å²) in [6, 6.07) is 7.94. The van der Waals surface area contributed by atoms with Gasteiger partial charge in [-0.3, -0.25) is 0 Å². The number of H-pyrrole nitrogens is 2. The van der Waals surface area contributed by atoms with Gasteiger partial charge in [-0.15, -0.1) is 0 Å². The molecule has 17 heavy (non-hydrogen) atoms. The lowest BCUT2D eigenvalue weighted by molar-refractivity contribution is 0.0690. The van der Waals surface area contributed by atoms with Crippen molar-refractivity contribution in [2.24, 2.45) is 0 Å². The van der Waals surface area contributed by atoms with Gasteiger partial charge >= 0.3 is 5.97 Å². The van der Waals surface area contributed by atoms with Gasteiger partial charge in [0, 0.05) is 6.42 Å². The second-order valence-corrected chi connectivity index (χ2v) is 4.31. The van der Waals surface area contributed by atoms with Crippen LogP contribution in [0.1, 0.15) is 27.3 Å². The molecule has 0 aliphatic heterocycles. The number of carboxylic acid groups (broad SMARTS) is 1. The van der Waals surface area contributed by atoms with Crippen LogP contribution in [0.25, 0.3) is 0 Å². The second-order valence-electron chi connectivity index (χ2n) is 3.90. The fourth-order valence-electron chi connectivity index (χ4n) is 1.76. The maximum Gasteiger partial charge on any atom is 0.354 e. The Morgan fingerprint density at radius 3 is 2.82 bits per heavy atom. The van der Waals surface area contributed by atoms with Crippen LogP contribution in [0.4, 0.5) is 0 Å². The van der Waals surface area contributed by atoms with E-state index in [0.717, 1.165) is 11.1 Å². The number of imidazole rings is 1. The zero-order chi connectivity index (χ0) is 12.4. The highest BCUT2D eigenvalue weighted by atomic mass is 32.1. The number of aromatic amines is 2. The first-order valence-corrected chi connectivity index (χ1v) is 5.57. The van der Waals surface area contributed by atoms with Crippen molar-refractivity contribution in [2.45, 2.75) is 13.3 Å². The molecule has 0 saturated heterocycles. The minimum atomic E-state index is -1.000. The Hall–Kier alpha value is -1.88. The Bertz CT molecular complexity index is 613. The van der Waals surface area contributed by atoms with Gasteiger partial charge in [-0.2, -0.15) is 0 Å². The first-order chi connectivity index (χ1) is 8.06. The Balaban J connectivity index is 2.36. The zero-order valence-electron chi connectivity index (χ0n) is 9.28. The first kappa shape index (κ1) is 11.6. The number of nitrogens with one attached hydrogen (secondary N) is 2. The van der Waals surface area contributed by atoms with E-state index in [9.17, 15) is 4.79 Å². The molecule has 88 valence electrons. The number of hydrogen-bond donors (Lipinski definition) is 3. The van der Waals surface area contributed by atoms with Gasteiger partial charge in [0.1, 0.15) is 5.69 Å². The minimum Gasteiger partial charge on any atom is -0.477 e. The van der Waals surface area contributed by atoms with Crippen molar-refractivity contribution >= 4 is 18.2 Å². The van der Waals surface area contributed by atoms with Gasteiger partial charge in [0.15, 0.2) is 4.77 Å². The van der Waals surface area contributed by atoms with Crippen LogP contribution in [0, 0.1) is 11.7 Å². The predicted molar refractivity (Wildman–Crippen MR) is 66.9 cm³/mol. The summed E-state index contributed by atoms with van der Waals surface area (Å²) in [6.07, 6.45) is 0.524. The SMILES string of the molecule is Cc1cccc(Cc2[nH]c(=S)[nH]c2C(=O)O)c1. The minimum absolute atomic E-state index is 0.136. The average molecular weight is 248 g/mol. The molecule has 1 heterocycles. The van der Waals surface area contributed by atoms with Gasteiger partial charge in [0.05, 0.1) is 5.69 Å². The molecule has 0 atom stereocenters. The van der Waals surface area contributed by atoms with Crippen molar-refractivity contribution in [3.63, 3.8) is 0 Å². The van der Waals surface area contributed by atoms with Crippen LogP contribution in [0.3, 0.4) is 0 Å². The molecule has 4 nitrogen and oxygen atoms in total. The molecule has 5 heteroatoms. The molecular formula is C12H12N2O2S. The number of rotatable bonds is 3. The fourth-order valence-corrected chi connectivity index (χ4v) is 1.99. The summed E-state index contributed by atoms with van der Waals surface area (Å²) in [5, 5.41) is 9.01. The van der Waals surface area contributed by atoms with Gasteiger partial charge in [0.2, 0.25) is 0 Å². The van der Waals surface area contributed by atoms with Crippen molar-refractivity contribution in [3.05, 3.63) is 51.6 Å². The molecule has 1 aromatic heterocycles. The molecule has 3 N–H and O–H groups in total. The number of carboxylic acids is 1. The second kappa shape index (κ2) is 4.55. The number of carbonyl (C=O) groups is 1. The van der Waals surface area contributed by atoms with Crippen molar-refractivity contribution in [1.29, 1.82) is 0 Å². The number of benzene rings is 1. The topological polar surface area (TPSA) is 68.9 Å². The van der Waals surface area contributed by atoms with E-state index in [2.05, 4.69) is 9.97 Å². The monoisotopic (exact) mass is 248 g/mol. The van der Waals surface area contributed by atoms with Gasteiger partial charge in [-0.05, 0) is 24.7 Å². The zero-order valence-corrected chi connectivity index (χ0v) is 10.1. The van der Waals surface area contributed by atoms with Gasteiger partial charge in [-0.1, -0.05) is 29.8 Å². The quantitative estimate of drug-likeness (QED) is 0.731. The van der Waals surface area contributed by atoms with E-state index >= 15 is 0 Å². The Morgan fingerprint density at radius 2 is 2.18 bits per heavy atom. The molecule has 0 bridgehead atoms. The molecule has 0 spiro atoms. The molecule has 0 aliphatic carbocycles. The molecule has 1 aromatic carbocycles. The van der Waals surface area contributed by atoms with Crippen LogP contribution in [0.2, 0.25) is 0 Å². The third-order valence-electron chi connectivity index (χ3n) is 2.48. The van der Waals surface area contributed by atoms with Gasteiger partial charge in [0.25, 0.3) is 0 Å². The van der Waals surface area contributed by atoms with Crippen LogP contribution >= 0.6 is 12.2 Å². The van der Waals surface area contributed by atoms with E-state index in [0.29, 0.717) is 16.9 Å². The van der Waals surface area contributed by atoms with Gasteiger partial charge < -0.3 is 15.1 Å². The van der Waals surface area contributed by atoms with E-state index in [1.165, 1.54) is 0 Å². The summed E-state index contributed by atoms with van der Waals surface area (Å²) in [5.74, 6) is -1.000. The molecule has 0 aliphatic rings. The Kier molecular flexibility index (Phi) is 3.10. The number of aromatic carboxylic acids is 1. The highest BCUT2D eigenvalue weighted by Crippen LogP contribution is 2.12. The van der Waals surface area contributed by atoms with E-state index in [-0.39, 0.29) is 5.69 Å². The van der Waals surface area contributed by atoms with E-state index in [1.54, 1.807) is 0 Å². The lowest BCUT2D eigenvalue weighted by Crippen LogP contribution is -2.02. The smallest absolute Gasteiger partial charge is 0.354 e. The summed E-state index contributed by atoms with van der Waals surface area (Å²) < 4.78 is 0.338. The Morgan fingerprint density at radius 1 is 1.41 bits per heavy atom. The molecule has 2 rings (SSSR count).